The normalized spacial score (nSPS) is 15.4. The zero-order valence-electron chi connectivity index (χ0n) is 17.7. The second-order valence-electron chi connectivity index (χ2n) is 8.07. The van der Waals surface area contributed by atoms with Gasteiger partial charge in [-0.25, -0.2) is 0 Å². The van der Waals surface area contributed by atoms with E-state index in [-0.39, 0.29) is 12.4 Å². The van der Waals surface area contributed by atoms with Gasteiger partial charge in [0.2, 0.25) is 5.88 Å². The number of halogens is 1. The van der Waals surface area contributed by atoms with Gasteiger partial charge in [-0.15, -0.1) is 12.4 Å². The van der Waals surface area contributed by atoms with E-state index in [0.717, 1.165) is 36.7 Å². The first-order valence-corrected chi connectivity index (χ1v) is 10.8. The highest BCUT2D eigenvalue weighted by Gasteiger charge is 2.21. The van der Waals surface area contributed by atoms with Gasteiger partial charge in [-0.1, -0.05) is 72.2 Å². The predicted octanol–water partition coefficient (Wildman–Crippen LogP) is 6.03. The van der Waals surface area contributed by atoms with Gasteiger partial charge in [0.25, 0.3) is 0 Å². The molecule has 1 aliphatic heterocycles. The zero-order valence-corrected chi connectivity index (χ0v) is 18.6. The van der Waals surface area contributed by atoms with E-state index in [0.29, 0.717) is 6.04 Å². The maximum Gasteiger partial charge on any atom is 0.228 e. The predicted molar refractivity (Wildman–Crippen MR) is 126 cm³/mol. The molecule has 1 unspecified atom stereocenters. The lowest BCUT2D eigenvalue weighted by Crippen LogP contribution is -2.37. The summed E-state index contributed by atoms with van der Waals surface area (Å²) in [6.45, 7) is 6.76. The molecule has 4 nitrogen and oxygen atoms in total. The molecule has 5 heteroatoms. The van der Waals surface area contributed by atoms with Crippen molar-refractivity contribution in [2.75, 3.05) is 24.5 Å². The van der Waals surface area contributed by atoms with E-state index in [1.807, 2.05) is 18.2 Å². The molecule has 0 spiro atoms. The Kier molecular flexibility index (Phi) is 8.35. The second-order valence-corrected chi connectivity index (χ2v) is 8.07. The summed E-state index contributed by atoms with van der Waals surface area (Å²) in [7, 11) is 0. The summed E-state index contributed by atoms with van der Waals surface area (Å²) < 4.78 is 5.83. The van der Waals surface area contributed by atoms with Crippen LogP contribution in [0.15, 0.2) is 71.3 Å². The van der Waals surface area contributed by atoms with Gasteiger partial charge < -0.3 is 14.3 Å². The van der Waals surface area contributed by atoms with Crippen LogP contribution in [0.1, 0.15) is 38.2 Å². The van der Waals surface area contributed by atoms with E-state index in [1.54, 1.807) is 0 Å². The van der Waals surface area contributed by atoms with Gasteiger partial charge in [0.1, 0.15) is 5.69 Å². The summed E-state index contributed by atoms with van der Waals surface area (Å²) >= 11 is 0. The first-order valence-electron chi connectivity index (χ1n) is 10.8. The van der Waals surface area contributed by atoms with Crippen molar-refractivity contribution >= 4 is 18.3 Å². The summed E-state index contributed by atoms with van der Waals surface area (Å²) in [4.78, 5) is 4.97. The van der Waals surface area contributed by atoms with E-state index >= 15 is 0 Å². The Morgan fingerprint density at radius 2 is 1.63 bits per heavy atom. The van der Waals surface area contributed by atoms with Crippen LogP contribution in [-0.2, 0) is 6.54 Å². The van der Waals surface area contributed by atoms with Crippen molar-refractivity contribution in [1.29, 1.82) is 0 Å². The third-order valence-electron chi connectivity index (χ3n) is 5.89. The van der Waals surface area contributed by atoms with Gasteiger partial charge in [0, 0.05) is 30.8 Å². The van der Waals surface area contributed by atoms with Gasteiger partial charge >= 0.3 is 0 Å². The Morgan fingerprint density at radius 3 is 2.33 bits per heavy atom. The molecule has 30 heavy (non-hydrogen) atoms. The highest BCUT2D eigenvalue weighted by Crippen LogP contribution is 2.27. The van der Waals surface area contributed by atoms with Crippen molar-refractivity contribution in [3.05, 3.63) is 72.3 Å². The molecular weight excluding hydrogens is 394 g/mol. The maximum atomic E-state index is 5.83. The van der Waals surface area contributed by atoms with Crippen LogP contribution in [0.3, 0.4) is 0 Å². The van der Waals surface area contributed by atoms with E-state index in [4.69, 9.17) is 4.52 Å². The molecule has 0 radical (unpaired) electrons. The molecule has 0 amide bonds. The third kappa shape index (κ3) is 5.87. The van der Waals surface area contributed by atoms with E-state index in [1.165, 1.54) is 37.9 Å². The number of hydrogen-bond acceptors (Lipinski definition) is 4. The number of aromatic nitrogens is 1. The number of nitrogens with zero attached hydrogens (tertiary/aromatic N) is 3. The van der Waals surface area contributed by atoms with Crippen molar-refractivity contribution in [3.63, 3.8) is 0 Å². The lowest BCUT2D eigenvalue weighted by Gasteiger charge is -2.32. The molecule has 3 aromatic rings. The van der Waals surface area contributed by atoms with Crippen LogP contribution in [0.4, 0.5) is 5.88 Å². The number of hydrogen-bond donors (Lipinski definition) is 0. The van der Waals surface area contributed by atoms with Gasteiger partial charge in [-0.3, -0.25) is 0 Å². The first kappa shape index (κ1) is 22.4. The minimum Gasteiger partial charge on any atom is -0.338 e. The van der Waals surface area contributed by atoms with Crippen LogP contribution in [-0.4, -0.2) is 35.7 Å². The Balaban J connectivity index is 0.00000256. The van der Waals surface area contributed by atoms with E-state index in [2.05, 4.69) is 70.4 Å². The Bertz CT molecular complexity index is 862. The van der Waals surface area contributed by atoms with Crippen LogP contribution in [0, 0.1) is 0 Å². The van der Waals surface area contributed by atoms with Crippen LogP contribution in [0.2, 0.25) is 0 Å². The van der Waals surface area contributed by atoms with E-state index in [9.17, 15) is 0 Å². The third-order valence-corrected chi connectivity index (χ3v) is 5.89. The van der Waals surface area contributed by atoms with Crippen molar-refractivity contribution in [1.82, 2.24) is 10.1 Å². The Labute approximate surface area is 186 Å². The van der Waals surface area contributed by atoms with Crippen LogP contribution < -0.4 is 4.90 Å². The van der Waals surface area contributed by atoms with Crippen molar-refractivity contribution in [2.24, 2.45) is 0 Å². The van der Waals surface area contributed by atoms with Crippen molar-refractivity contribution in [2.45, 2.75) is 45.2 Å². The molecule has 160 valence electrons. The summed E-state index contributed by atoms with van der Waals surface area (Å²) in [6.07, 6.45) is 5.18. The molecule has 2 aromatic carbocycles. The highest BCUT2D eigenvalue weighted by atomic mass is 35.5. The number of likely N-dealkylation sites (tertiary alicyclic amines) is 1. The molecule has 1 aliphatic rings. The monoisotopic (exact) mass is 425 g/mol. The molecule has 1 saturated heterocycles. The molecule has 4 rings (SSSR count). The lowest BCUT2D eigenvalue weighted by atomic mass is 10.1. The minimum absolute atomic E-state index is 0. The fourth-order valence-corrected chi connectivity index (χ4v) is 4.09. The largest absolute Gasteiger partial charge is 0.338 e. The smallest absolute Gasteiger partial charge is 0.228 e. The highest BCUT2D eigenvalue weighted by molar-refractivity contribution is 5.85. The second kappa shape index (κ2) is 11.2. The van der Waals surface area contributed by atoms with Crippen LogP contribution in [0.25, 0.3) is 11.3 Å². The fraction of sp³-hybridized carbons (Fsp3) is 0.400. The minimum atomic E-state index is 0. The first-order chi connectivity index (χ1) is 14.3. The summed E-state index contributed by atoms with van der Waals surface area (Å²) in [6, 6.07) is 23.3. The number of benzene rings is 2. The van der Waals surface area contributed by atoms with E-state index < -0.39 is 0 Å². The SMILES string of the molecule is CC(CCN1CCCCC1)N(Cc1ccccc1)c1cc(-c2ccccc2)no1.Cl. The lowest BCUT2D eigenvalue weighted by molar-refractivity contribution is 0.220. The summed E-state index contributed by atoms with van der Waals surface area (Å²) in [5, 5.41) is 4.35. The van der Waals surface area contributed by atoms with Gasteiger partial charge in [-0.2, -0.15) is 0 Å². The van der Waals surface area contributed by atoms with Gasteiger partial charge in [0.15, 0.2) is 0 Å². The Hall–Kier alpha value is -2.30. The Morgan fingerprint density at radius 1 is 0.967 bits per heavy atom. The van der Waals surface area contributed by atoms with Crippen LogP contribution >= 0.6 is 12.4 Å². The standard InChI is InChI=1S/C25H31N3O.ClH/c1-21(15-18-27-16-9-4-10-17-27)28(20-22-11-5-2-6-12-22)25-19-24(26-29-25)23-13-7-3-8-14-23;/h2-3,5-8,11-14,19,21H,4,9-10,15-18,20H2,1H3;1H. The topological polar surface area (TPSA) is 32.5 Å². The average Bonchev–Trinajstić information content (AvgIpc) is 3.28. The van der Waals surface area contributed by atoms with Gasteiger partial charge in [0.05, 0.1) is 0 Å². The summed E-state index contributed by atoms with van der Waals surface area (Å²) in [5.41, 5.74) is 3.26. The quantitative estimate of drug-likeness (QED) is 0.440. The molecule has 0 aliphatic carbocycles. The molecule has 1 aromatic heterocycles. The number of rotatable bonds is 8. The van der Waals surface area contributed by atoms with Crippen LogP contribution in [0.5, 0.6) is 0 Å². The molecule has 2 heterocycles. The molecule has 0 saturated carbocycles. The molecule has 0 N–H and O–H groups in total. The van der Waals surface area contributed by atoms with Crippen molar-refractivity contribution in [3.8, 4) is 11.3 Å². The molecular formula is C25H32ClN3O. The van der Waals surface area contributed by atoms with Gasteiger partial charge in [-0.05, 0) is 44.8 Å². The number of piperidine rings is 1. The maximum absolute atomic E-state index is 5.83. The molecule has 1 atom stereocenters. The average molecular weight is 426 g/mol. The zero-order chi connectivity index (χ0) is 19.9. The molecule has 1 fully saturated rings. The van der Waals surface area contributed by atoms with Crippen molar-refractivity contribution < 1.29 is 4.52 Å². The fourth-order valence-electron chi connectivity index (χ4n) is 4.09. The summed E-state index contributed by atoms with van der Waals surface area (Å²) in [5.74, 6) is 0.846. The molecule has 0 bridgehead atoms. The number of anilines is 1.